The second-order valence-electron chi connectivity index (χ2n) is 3.53. The number of aryl methyl sites for hydroxylation is 1. The predicted octanol–water partition coefficient (Wildman–Crippen LogP) is 2.34. The number of rotatable bonds is 4. The van der Waals surface area contributed by atoms with Gasteiger partial charge in [0.05, 0.1) is 17.1 Å². The van der Waals surface area contributed by atoms with Crippen molar-refractivity contribution >= 4 is 33.7 Å². The third kappa shape index (κ3) is 3.12. The van der Waals surface area contributed by atoms with E-state index in [0.29, 0.717) is 11.7 Å². The van der Waals surface area contributed by atoms with Crippen molar-refractivity contribution in [2.45, 2.75) is 6.92 Å². The summed E-state index contributed by atoms with van der Waals surface area (Å²) >= 11 is 3.15. The molecular formula is C11H13N3OS2. The monoisotopic (exact) mass is 267 g/mol. The van der Waals surface area contributed by atoms with Crippen LogP contribution in [0.3, 0.4) is 0 Å². The fourth-order valence-corrected chi connectivity index (χ4v) is 2.97. The van der Waals surface area contributed by atoms with Gasteiger partial charge in [0.25, 0.3) is 0 Å². The summed E-state index contributed by atoms with van der Waals surface area (Å²) in [6, 6.07) is 4.12. The topological polar surface area (TPSA) is 54.0 Å². The zero-order chi connectivity index (χ0) is 12.3. The molecule has 0 aromatic carbocycles. The van der Waals surface area contributed by atoms with E-state index in [1.54, 1.807) is 18.4 Å². The van der Waals surface area contributed by atoms with Gasteiger partial charge in [-0.2, -0.15) is 0 Å². The highest BCUT2D eigenvalue weighted by molar-refractivity contribution is 7.17. The number of nitrogens with one attached hydrogen (secondary N) is 2. The van der Waals surface area contributed by atoms with Crippen LogP contribution in [0.5, 0.6) is 0 Å². The van der Waals surface area contributed by atoms with Crippen LogP contribution in [0, 0.1) is 6.92 Å². The van der Waals surface area contributed by atoms with Crippen molar-refractivity contribution in [1.82, 2.24) is 10.3 Å². The van der Waals surface area contributed by atoms with E-state index < -0.39 is 0 Å². The Balaban J connectivity index is 2.08. The summed E-state index contributed by atoms with van der Waals surface area (Å²) in [6.07, 6.45) is 0. The predicted molar refractivity (Wildman–Crippen MR) is 72.7 cm³/mol. The van der Waals surface area contributed by atoms with Gasteiger partial charge in [-0.25, -0.2) is 4.98 Å². The Morgan fingerprint density at radius 1 is 1.47 bits per heavy atom. The second-order valence-corrected chi connectivity index (χ2v) is 5.67. The highest BCUT2D eigenvalue weighted by Crippen LogP contribution is 2.30. The molecule has 0 saturated carbocycles. The van der Waals surface area contributed by atoms with E-state index in [1.807, 2.05) is 11.4 Å². The van der Waals surface area contributed by atoms with Crippen LogP contribution in [0.25, 0.3) is 10.6 Å². The fourth-order valence-electron chi connectivity index (χ4n) is 1.34. The molecule has 0 aliphatic heterocycles. The van der Waals surface area contributed by atoms with Crippen molar-refractivity contribution in [3.8, 4) is 10.6 Å². The Hall–Kier alpha value is -1.24. The fraction of sp³-hybridized carbons (Fsp3) is 0.273. The summed E-state index contributed by atoms with van der Waals surface area (Å²) in [5, 5.41) is 8.15. The summed E-state index contributed by atoms with van der Waals surface area (Å²) in [5.74, 6) is -0.0734. The van der Waals surface area contributed by atoms with Crippen molar-refractivity contribution in [1.29, 1.82) is 0 Å². The number of anilines is 1. The molecule has 0 fully saturated rings. The molecule has 0 spiro atoms. The number of aromatic nitrogens is 1. The number of nitrogens with zero attached hydrogens (tertiary/aromatic N) is 1. The number of carbonyl (C=O) groups is 1. The van der Waals surface area contributed by atoms with Crippen LogP contribution in [0.4, 0.5) is 5.13 Å². The highest BCUT2D eigenvalue weighted by Gasteiger charge is 2.08. The molecule has 6 heteroatoms. The Labute approximate surface area is 108 Å². The van der Waals surface area contributed by atoms with Gasteiger partial charge in [-0.15, -0.1) is 22.7 Å². The largest absolute Gasteiger partial charge is 0.311 e. The minimum absolute atomic E-state index is 0.0734. The Morgan fingerprint density at radius 2 is 2.29 bits per heavy atom. The Bertz CT molecular complexity index is 518. The molecule has 2 heterocycles. The minimum atomic E-state index is -0.0734. The normalized spacial score (nSPS) is 10.5. The van der Waals surface area contributed by atoms with Gasteiger partial charge >= 0.3 is 0 Å². The first-order valence-corrected chi connectivity index (χ1v) is 6.85. The van der Waals surface area contributed by atoms with Crippen molar-refractivity contribution < 1.29 is 4.79 Å². The van der Waals surface area contributed by atoms with Gasteiger partial charge in [-0.3, -0.25) is 4.79 Å². The maximum absolute atomic E-state index is 11.4. The molecule has 0 saturated heterocycles. The zero-order valence-electron chi connectivity index (χ0n) is 9.61. The number of thiophene rings is 1. The van der Waals surface area contributed by atoms with Crippen LogP contribution in [0.15, 0.2) is 17.5 Å². The van der Waals surface area contributed by atoms with Crippen molar-refractivity contribution in [3.05, 3.63) is 22.4 Å². The first-order valence-electron chi connectivity index (χ1n) is 5.16. The standard InChI is InChI=1S/C11H13N3OS2/c1-7-3-4-9(17-7)8-6-16-11(13-8)14-10(15)5-12-2/h3-4,6,12H,5H2,1-2H3,(H,13,14,15). The van der Waals surface area contributed by atoms with Crippen LogP contribution in [0.2, 0.25) is 0 Å². The highest BCUT2D eigenvalue weighted by atomic mass is 32.1. The van der Waals surface area contributed by atoms with Gasteiger partial charge in [0, 0.05) is 10.3 Å². The Kier molecular flexibility index (Phi) is 3.88. The number of carbonyl (C=O) groups excluding carboxylic acids is 1. The summed E-state index contributed by atoms with van der Waals surface area (Å²) in [4.78, 5) is 18.1. The van der Waals surface area contributed by atoms with E-state index in [2.05, 4.69) is 28.6 Å². The molecular weight excluding hydrogens is 254 g/mol. The molecule has 4 nitrogen and oxygen atoms in total. The van der Waals surface area contributed by atoms with Gasteiger partial charge in [0.2, 0.25) is 5.91 Å². The van der Waals surface area contributed by atoms with Gasteiger partial charge in [-0.1, -0.05) is 0 Å². The summed E-state index contributed by atoms with van der Waals surface area (Å²) in [6.45, 7) is 2.36. The molecule has 0 aliphatic rings. The molecule has 17 heavy (non-hydrogen) atoms. The number of thiazole rings is 1. The van der Waals surface area contributed by atoms with Crippen LogP contribution < -0.4 is 10.6 Å². The smallest absolute Gasteiger partial charge is 0.240 e. The number of amides is 1. The Morgan fingerprint density at radius 3 is 2.94 bits per heavy atom. The number of likely N-dealkylation sites (N-methyl/N-ethyl adjacent to an activating group) is 1. The van der Waals surface area contributed by atoms with Gasteiger partial charge in [0.1, 0.15) is 0 Å². The molecule has 2 N–H and O–H groups in total. The van der Waals surface area contributed by atoms with Crippen LogP contribution >= 0.6 is 22.7 Å². The van der Waals surface area contributed by atoms with Crippen molar-refractivity contribution in [2.75, 3.05) is 18.9 Å². The third-order valence-electron chi connectivity index (χ3n) is 2.08. The van der Waals surface area contributed by atoms with Gasteiger partial charge < -0.3 is 10.6 Å². The lowest BCUT2D eigenvalue weighted by atomic mass is 10.4. The van der Waals surface area contributed by atoms with Gasteiger partial charge in [0.15, 0.2) is 5.13 Å². The van der Waals surface area contributed by atoms with E-state index in [0.717, 1.165) is 10.6 Å². The maximum atomic E-state index is 11.4. The first-order chi connectivity index (χ1) is 8.19. The number of hydrogen-bond acceptors (Lipinski definition) is 5. The molecule has 0 aliphatic carbocycles. The van der Waals surface area contributed by atoms with Crippen LogP contribution in [0.1, 0.15) is 4.88 Å². The quantitative estimate of drug-likeness (QED) is 0.894. The molecule has 0 radical (unpaired) electrons. The lowest BCUT2D eigenvalue weighted by Gasteiger charge is -1.99. The lowest BCUT2D eigenvalue weighted by Crippen LogP contribution is -2.24. The van der Waals surface area contributed by atoms with Crippen LogP contribution in [-0.4, -0.2) is 24.5 Å². The summed E-state index contributed by atoms with van der Waals surface area (Å²) in [5.41, 5.74) is 0.924. The summed E-state index contributed by atoms with van der Waals surface area (Å²) < 4.78 is 0. The van der Waals surface area contributed by atoms with E-state index in [-0.39, 0.29) is 5.91 Å². The first kappa shape index (κ1) is 12.2. The van der Waals surface area contributed by atoms with E-state index >= 15 is 0 Å². The second kappa shape index (κ2) is 5.39. The average Bonchev–Trinajstić information content (AvgIpc) is 2.87. The van der Waals surface area contributed by atoms with Gasteiger partial charge in [-0.05, 0) is 26.1 Å². The van der Waals surface area contributed by atoms with Crippen molar-refractivity contribution in [2.24, 2.45) is 0 Å². The summed E-state index contributed by atoms with van der Waals surface area (Å²) in [7, 11) is 1.74. The van der Waals surface area contributed by atoms with E-state index in [9.17, 15) is 4.79 Å². The lowest BCUT2D eigenvalue weighted by molar-refractivity contribution is -0.115. The molecule has 2 aromatic rings. The maximum Gasteiger partial charge on any atom is 0.240 e. The zero-order valence-corrected chi connectivity index (χ0v) is 11.2. The molecule has 2 aromatic heterocycles. The average molecular weight is 267 g/mol. The van der Waals surface area contributed by atoms with Crippen LogP contribution in [-0.2, 0) is 4.79 Å². The molecule has 0 unspecified atom stereocenters. The van der Waals surface area contributed by atoms with E-state index in [4.69, 9.17) is 0 Å². The SMILES string of the molecule is CNCC(=O)Nc1nc(-c2ccc(C)s2)cs1. The molecule has 0 atom stereocenters. The third-order valence-corrected chi connectivity index (χ3v) is 3.86. The number of hydrogen-bond donors (Lipinski definition) is 2. The minimum Gasteiger partial charge on any atom is -0.311 e. The molecule has 1 amide bonds. The molecule has 0 bridgehead atoms. The van der Waals surface area contributed by atoms with Crippen molar-refractivity contribution in [3.63, 3.8) is 0 Å². The van der Waals surface area contributed by atoms with E-state index in [1.165, 1.54) is 16.2 Å². The molecule has 90 valence electrons. The molecule has 2 rings (SSSR count).